The zero-order valence-electron chi connectivity index (χ0n) is 7.11. The van der Waals surface area contributed by atoms with E-state index in [0.29, 0.717) is 0 Å². The van der Waals surface area contributed by atoms with Gasteiger partial charge in [-0.15, -0.1) is 0 Å². The van der Waals surface area contributed by atoms with Crippen molar-refractivity contribution >= 4 is 11.7 Å². The fourth-order valence-electron chi connectivity index (χ4n) is 0.808. The van der Waals surface area contributed by atoms with Gasteiger partial charge in [0.2, 0.25) is 5.91 Å². The number of primary amides is 1. The van der Waals surface area contributed by atoms with E-state index < -0.39 is 0 Å². The Morgan fingerprint density at radius 3 is 2.92 bits per heavy atom. The molecule has 0 aliphatic rings. The normalized spacial score (nSPS) is 12.5. The van der Waals surface area contributed by atoms with Gasteiger partial charge in [-0.25, -0.2) is 0 Å². The number of carbonyl (C=O) groups is 1. The van der Waals surface area contributed by atoms with Crippen LogP contribution in [0.3, 0.4) is 0 Å². The third-order valence-electron chi connectivity index (χ3n) is 1.61. The summed E-state index contributed by atoms with van der Waals surface area (Å²) in [5.41, 5.74) is 5.07. The first-order chi connectivity index (χ1) is 5.61. The summed E-state index contributed by atoms with van der Waals surface area (Å²) in [6.07, 6.45) is 1.65. The van der Waals surface area contributed by atoms with Crippen molar-refractivity contribution in [2.75, 3.05) is 5.32 Å². The van der Waals surface area contributed by atoms with Crippen LogP contribution in [-0.2, 0) is 11.8 Å². The molecule has 0 bridgehead atoms. The van der Waals surface area contributed by atoms with E-state index in [4.69, 9.17) is 5.73 Å². The number of rotatable bonds is 3. The second-order valence-corrected chi connectivity index (χ2v) is 2.61. The van der Waals surface area contributed by atoms with Gasteiger partial charge >= 0.3 is 0 Å². The van der Waals surface area contributed by atoms with Crippen molar-refractivity contribution in [2.24, 2.45) is 12.8 Å². The van der Waals surface area contributed by atoms with Crippen LogP contribution in [0, 0.1) is 0 Å². The molecular formula is C7H12N4O. The highest BCUT2D eigenvalue weighted by Crippen LogP contribution is 2.04. The number of carbonyl (C=O) groups excluding carboxylic acids is 1. The number of aryl methyl sites for hydroxylation is 1. The molecule has 1 amide bonds. The molecule has 0 saturated heterocycles. The summed E-state index contributed by atoms with van der Waals surface area (Å²) in [6, 6.07) is 1.40. The Kier molecular flexibility index (Phi) is 2.32. The summed E-state index contributed by atoms with van der Waals surface area (Å²) in [5, 5.41) is 6.85. The Labute approximate surface area is 70.5 Å². The van der Waals surface area contributed by atoms with E-state index >= 15 is 0 Å². The van der Waals surface area contributed by atoms with Crippen LogP contribution in [0.2, 0.25) is 0 Å². The van der Waals surface area contributed by atoms with E-state index in [9.17, 15) is 4.79 Å². The molecule has 0 aromatic carbocycles. The molecule has 5 heteroatoms. The molecule has 0 aliphatic heterocycles. The third-order valence-corrected chi connectivity index (χ3v) is 1.61. The van der Waals surface area contributed by atoms with Crippen molar-refractivity contribution in [3.63, 3.8) is 0 Å². The lowest BCUT2D eigenvalue weighted by molar-refractivity contribution is -0.118. The van der Waals surface area contributed by atoms with E-state index in [1.165, 1.54) is 0 Å². The Bertz CT molecular complexity index is 281. The zero-order chi connectivity index (χ0) is 9.14. The van der Waals surface area contributed by atoms with E-state index in [2.05, 4.69) is 10.4 Å². The molecule has 0 unspecified atom stereocenters. The van der Waals surface area contributed by atoms with Crippen LogP contribution in [0.5, 0.6) is 0 Å². The third kappa shape index (κ3) is 1.75. The number of nitrogens with two attached hydrogens (primary N) is 1. The summed E-state index contributed by atoms with van der Waals surface area (Å²) in [7, 11) is 1.79. The van der Waals surface area contributed by atoms with E-state index in [0.717, 1.165) is 5.82 Å². The predicted octanol–water partition coefficient (Wildman–Crippen LogP) is -0.294. The van der Waals surface area contributed by atoms with Crippen LogP contribution in [-0.4, -0.2) is 21.7 Å². The molecule has 66 valence electrons. The lowest BCUT2D eigenvalue weighted by atomic mass is 10.3. The van der Waals surface area contributed by atoms with Crippen molar-refractivity contribution in [1.29, 1.82) is 0 Å². The lowest BCUT2D eigenvalue weighted by Gasteiger charge is -2.10. The van der Waals surface area contributed by atoms with Crippen LogP contribution in [0.1, 0.15) is 6.92 Å². The van der Waals surface area contributed by atoms with Crippen molar-refractivity contribution in [3.05, 3.63) is 12.3 Å². The average molecular weight is 168 g/mol. The molecule has 1 aromatic heterocycles. The van der Waals surface area contributed by atoms with Crippen molar-refractivity contribution in [3.8, 4) is 0 Å². The quantitative estimate of drug-likeness (QED) is 0.651. The Balaban J connectivity index is 2.64. The molecule has 0 aliphatic carbocycles. The fraction of sp³-hybridized carbons (Fsp3) is 0.429. The van der Waals surface area contributed by atoms with E-state index in [1.807, 2.05) is 0 Å². The fourth-order valence-corrected chi connectivity index (χ4v) is 0.808. The van der Waals surface area contributed by atoms with Gasteiger partial charge in [0.05, 0.1) is 6.20 Å². The molecule has 1 rings (SSSR count). The summed E-state index contributed by atoms with van der Waals surface area (Å²) < 4.78 is 1.64. The van der Waals surface area contributed by atoms with Crippen molar-refractivity contribution in [1.82, 2.24) is 9.78 Å². The maximum atomic E-state index is 10.7. The second-order valence-electron chi connectivity index (χ2n) is 2.61. The van der Waals surface area contributed by atoms with Gasteiger partial charge in [0.1, 0.15) is 11.9 Å². The average Bonchev–Trinajstić information content (AvgIpc) is 2.36. The first-order valence-corrected chi connectivity index (χ1v) is 3.65. The number of amides is 1. The van der Waals surface area contributed by atoms with Gasteiger partial charge in [-0.2, -0.15) is 5.10 Å². The van der Waals surface area contributed by atoms with Crippen LogP contribution < -0.4 is 11.1 Å². The molecule has 0 spiro atoms. The molecule has 1 aromatic rings. The van der Waals surface area contributed by atoms with Gasteiger partial charge in [0.15, 0.2) is 0 Å². The van der Waals surface area contributed by atoms with Crippen LogP contribution in [0.15, 0.2) is 12.3 Å². The van der Waals surface area contributed by atoms with Gasteiger partial charge in [0, 0.05) is 13.1 Å². The molecule has 1 heterocycles. The van der Waals surface area contributed by atoms with Gasteiger partial charge in [-0.05, 0) is 6.92 Å². The summed E-state index contributed by atoms with van der Waals surface area (Å²) in [5.74, 6) is 0.400. The van der Waals surface area contributed by atoms with Crippen LogP contribution in [0.25, 0.3) is 0 Å². The van der Waals surface area contributed by atoms with Crippen LogP contribution >= 0.6 is 0 Å². The van der Waals surface area contributed by atoms with Gasteiger partial charge in [-0.1, -0.05) is 0 Å². The minimum Gasteiger partial charge on any atom is -0.368 e. The monoisotopic (exact) mass is 168 g/mol. The molecule has 1 atom stereocenters. The highest BCUT2D eigenvalue weighted by atomic mass is 16.1. The Morgan fingerprint density at radius 2 is 2.50 bits per heavy atom. The lowest BCUT2D eigenvalue weighted by Crippen LogP contribution is -2.33. The van der Waals surface area contributed by atoms with Crippen molar-refractivity contribution < 1.29 is 4.79 Å². The highest BCUT2D eigenvalue weighted by Gasteiger charge is 2.08. The molecule has 0 fully saturated rings. The van der Waals surface area contributed by atoms with E-state index in [-0.39, 0.29) is 11.9 Å². The Hall–Kier alpha value is -1.52. The molecule has 12 heavy (non-hydrogen) atoms. The first kappa shape index (κ1) is 8.58. The first-order valence-electron chi connectivity index (χ1n) is 3.65. The second kappa shape index (κ2) is 3.25. The van der Waals surface area contributed by atoms with Gasteiger partial charge in [-0.3, -0.25) is 9.48 Å². The molecule has 5 nitrogen and oxygen atoms in total. The topological polar surface area (TPSA) is 72.9 Å². The minimum atomic E-state index is -0.379. The van der Waals surface area contributed by atoms with Crippen LogP contribution in [0.4, 0.5) is 5.82 Å². The maximum Gasteiger partial charge on any atom is 0.239 e. The van der Waals surface area contributed by atoms with Gasteiger partial charge < -0.3 is 11.1 Å². The largest absolute Gasteiger partial charge is 0.368 e. The molecule has 0 saturated carbocycles. The van der Waals surface area contributed by atoms with Crippen molar-refractivity contribution in [2.45, 2.75) is 13.0 Å². The summed E-state index contributed by atoms with van der Waals surface area (Å²) in [6.45, 7) is 1.70. The number of nitrogens with one attached hydrogen (secondary N) is 1. The molecular weight excluding hydrogens is 156 g/mol. The van der Waals surface area contributed by atoms with E-state index in [1.54, 1.807) is 30.9 Å². The Morgan fingerprint density at radius 1 is 1.83 bits per heavy atom. The predicted molar refractivity (Wildman–Crippen MR) is 45.5 cm³/mol. The summed E-state index contributed by atoms with van der Waals surface area (Å²) >= 11 is 0. The molecule has 3 N–H and O–H groups in total. The number of anilines is 1. The summed E-state index contributed by atoms with van der Waals surface area (Å²) in [4.78, 5) is 10.7. The SMILES string of the molecule is C[C@@H](Nc1ccnn1C)C(N)=O. The minimum absolute atomic E-state index is 0.375. The number of hydrogen-bond acceptors (Lipinski definition) is 3. The van der Waals surface area contributed by atoms with Gasteiger partial charge in [0.25, 0.3) is 0 Å². The number of aromatic nitrogens is 2. The smallest absolute Gasteiger partial charge is 0.239 e. The highest BCUT2D eigenvalue weighted by molar-refractivity contribution is 5.82. The standard InChI is InChI=1S/C7H12N4O/c1-5(7(8)12)10-6-3-4-9-11(6)2/h3-5,10H,1-2H3,(H2,8,12)/t5-/m1/s1. The number of nitrogens with zero attached hydrogens (tertiary/aromatic N) is 2. The molecule has 0 radical (unpaired) electrons. The number of hydrogen-bond donors (Lipinski definition) is 2. The maximum absolute atomic E-state index is 10.7. The zero-order valence-corrected chi connectivity index (χ0v) is 7.11.